The molecule has 0 heterocycles. The average molecular weight is 257 g/mol. The molecule has 18 heavy (non-hydrogen) atoms. The van der Waals surface area contributed by atoms with Gasteiger partial charge in [-0.05, 0) is 45.4 Å². The highest BCUT2D eigenvalue weighted by Crippen LogP contribution is 2.11. The van der Waals surface area contributed by atoms with Crippen LogP contribution in [0.3, 0.4) is 0 Å². The van der Waals surface area contributed by atoms with Gasteiger partial charge in [-0.15, -0.1) is 0 Å². The third-order valence-electron chi connectivity index (χ3n) is 2.56. The van der Waals surface area contributed by atoms with Crippen molar-refractivity contribution in [3.63, 3.8) is 0 Å². The molecule has 1 aromatic rings. The Bertz CT molecular complexity index is 335. The average Bonchev–Trinajstić information content (AvgIpc) is 2.30. The summed E-state index contributed by atoms with van der Waals surface area (Å²) in [6.45, 7) is 5.69. The minimum atomic E-state index is -0.495. The normalized spacial score (nSPS) is 11.2. The van der Waals surface area contributed by atoms with E-state index in [1.807, 2.05) is 13.8 Å². The van der Waals surface area contributed by atoms with Crippen LogP contribution in [0.5, 0.6) is 0 Å². The summed E-state index contributed by atoms with van der Waals surface area (Å²) in [4.78, 5) is 0. The van der Waals surface area contributed by atoms with Gasteiger partial charge in [-0.25, -0.2) is 8.78 Å². The van der Waals surface area contributed by atoms with Crippen molar-refractivity contribution in [3.8, 4) is 0 Å². The maximum absolute atomic E-state index is 13.3. The highest BCUT2D eigenvalue weighted by Gasteiger charge is 2.06. The van der Waals surface area contributed by atoms with E-state index in [0.717, 1.165) is 26.0 Å². The summed E-state index contributed by atoms with van der Waals surface area (Å²) < 4.78 is 31.9. The summed E-state index contributed by atoms with van der Waals surface area (Å²) in [6, 6.07) is 3.92. The Kier molecular flexibility index (Phi) is 6.83. The molecule has 0 aliphatic carbocycles. The number of rotatable bonds is 8. The Morgan fingerprint density at radius 1 is 1.17 bits per heavy atom. The van der Waals surface area contributed by atoms with Gasteiger partial charge in [0, 0.05) is 18.7 Å². The molecule has 0 aliphatic heterocycles. The van der Waals surface area contributed by atoms with Crippen LogP contribution in [-0.4, -0.2) is 19.3 Å². The van der Waals surface area contributed by atoms with Crippen molar-refractivity contribution in [2.24, 2.45) is 0 Å². The van der Waals surface area contributed by atoms with Crippen molar-refractivity contribution < 1.29 is 13.5 Å². The number of halogens is 2. The first-order valence-electron chi connectivity index (χ1n) is 6.36. The van der Waals surface area contributed by atoms with Gasteiger partial charge in [-0.2, -0.15) is 0 Å². The molecule has 0 spiro atoms. The van der Waals surface area contributed by atoms with E-state index < -0.39 is 11.6 Å². The summed E-state index contributed by atoms with van der Waals surface area (Å²) >= 11 is 0. The van der Waals surface area contributed by atoms with E-state index in [2.05, 4.69) is 5.32 Å². The molecule has 0 unspecified atom stereocenters. The zero-order valence-corrected chi connectivity index (χ0v) is 11.0. The molecule has 0 bridgehead atoms. The van der Waals surface area contributed by atoms with Crippen LogP contribution in [0.1, 0.15) is 32.3 Å². The quantitative estimate of drug-likeness (QED) is 0.722. The van der Waals surface area contributed by atoms with E-state index >= 15 is 0 Å². The van der Waals surface area contributed by atoms with E-state index in [-0.39, 0.29) is 18.2 Å². The van der Waals surface area contributed by atoms with Crippen molar-refractivity contribution in [2.45, 2.75) is 39.3 Å². The third-order valence-corrected chi connectivity index (χ3v) is 2.56. The molecule has 1 rings (SSSR count). The Morgan fingerprint density at radius 3 is 2.44 bits per heavy atom. The zero-order chi connectivity index (χ0) is 13.4. The lowest BCUT2D eigenvalue weighted by atomic mass is 10.2. The lowest BCUT2D eigenvalue weighted by Gasteiger charge is -2.08. The first-order chi connectivity index (χ1) is 8.61. The Hall–Kier alpha value is -1.00. The van der Waals surface area contributed by atoms with Crippen molar-refractivity contribution in [1.82, 2.24) is 5.32 Å². The minimum absolute atomic E-state index is 0.107. The summed E-state index contributed by atoms with van der Waals surface area (Å²) in [5.41, 5.74) is 0.107. The third kappa shape index (κ3) is 5.56. The lowest BCUT2D eigenvalue weighted by molar-refractivity contribution is 0.0760. The predicted octanol–water partition coefficient (Wildman–Crippen LogP) is 3.26. The molecular formula is C14H21F2NO. The van der Waals surface area contributed by atoms with Crippen LogP contribution in [0.15, 0.2) is 18.2 Å². The molecule has 0 fully saturated rings. The van der Waals surface area contributed by atoms with Gasteiger partial charge in [0.25, 0.3) is 0 Å². The predicted molar refractivity (Wildman–Crippen MR) is 68.4 cm³/mol. The summed E-state index contributed by atoms with van der Waals surface area (Å²) in [5, 5.41) is 3.04. The summed E-state index contributed by atoms with van der Waals surface area (Å²) in [5.74, 6) is -0.990. The van der Waals surface area contributed by atoms with Crippen molar-refractivity contribution in [3.05, 3.63) is 35.4 Å². The van der Waals surface area contributed by atoms with Gasteiger partial charge in [0.2, 0.25) is 0 Å². The highest BCUT2D eigenvalue weighted by atomic mass is 19.1. The van der Waals surface area contributed by atoms with Crippen LogP contribution in [0.25, 0.3) is 0 Å². The molecule has 2 nitrogen and oxygen atoms in total. The first-order valence-corrected chi connectivity index (χ1v) is 6.36. The second-order valence-electron chi connectivity index (χ2n) is 4.50. The van der Waals surface area contributed by atoms with Gasteiger partial charge >= 0.3 is 0 Å². The van der Waals surface area contributed by atoms with Crippen molar-refractivity contribution >= 4 is 0 Å². The van der Waals surface area contributed by atoms with E-state index in [1.54, 1.807) is 0 Å². The number of hydrogen-bond donors (Lipinski definition) is 1. The first kappa shape index (κ1) is 15.1. The minimum Gasteiger partial charge on any atom is -0.379 e. The maximum Gasteiger partial charge on any atom is 0.130 e. The van der Waals surface area contributed by atoms with E-state index in [1.165, 1.54) is 18.2 Å². The van der Waals surface area contributed by atoms with E-state index in [4.69, 9.17) is 4.74 Å². The number of unbranched alkanes of at least 4 members (excludes halogenated alkanes) is 1. The molecule has 0 aromatic heterocycles. The van der Waals surface area contributed by atoms with Crippen molar-refractivity contribution in [2.75, 3.05) is 13.2 Å². The van der Waals surface area contributed by atoms with Crippen LogP contribution in [0.2, 0.25) is 0 Å². The van der Waals surface area contributed by atoms with Gasteiger partial charge in [0.1, 0.15) is 11.6 Å². The Balaban J connectivity index is 2.14. The van der Waals surface area contributed by atoms with Crippen LogP contribution in [0.4, 0.5) is 8.78 Å². The van der Waals surface area contributed by atoms with Gasteiger partial charge in [0.15, 0.2) is 0 Å². The topological polar surface area (TPSA) is 21.3 Å². The Labute approximate surface area is 107 Å². The van der Waals surface area contributed by atoms with E-state index in [9.17, 15) is 8.78 Å². The molecular weight excluding hydrogens is 236 g/mol. The van der Waals surface area contributed by atoms with Crippen LogP contribution >= 0.6 is 0 Å². The van der Waals surface area contributed by atoms with Crippen LogP contribution in [-0.2, 0) is 11.3 Å². The molecule has 1 N–H and O–H groups in total. The SMILES string of the molecule is CC(C)OCCCCNCc1c(F)cccc1F. The second-order valence-corrected chi connectivity index (χ2v) is 4.50. The van der Waals surface area contributed by atoms with Crippen LogP contribution in [0, 0.1) is 11.6 Å². The number of ether oxygens (including phenoxy) is 1. The molecule has 1 aromatic carbocycles. The largest absolute Gasteiger partial charge is 0.379 e. The number of hydrogen-bond acceptors (Lipinski definition) is 2. The molecule has 0 amide bonds. The fraction of sp³-hybridized carbons (Fsp3) is 0.571. The van der Waals surface area contributed by atoms with Gasteiger partial charge in [-0.1, -0.05) is 6.07 Å². The van der Waals surface area contributed by atoms with Gasteiger partial charge in [0.05, 0.1) is 6.10 Å². The standard InChI is InChI=1S/C14H21F2NO/c1-11(2)18-9-4-3-8-17-10-12-13(15)6-5-7-14(12)16/h5-7,11,17H,3-4,8-10H2,1-2H3. The molecule has 0 atom stereocenters. The van der Waals surface area contributed by atoms with E-state index in [0.29, 0.717) is 0 Å². The van der Waals surface area contributed by atoms with Crippen LogP contribution < -0.4 is 5.32 Å². The fourth-order valence-electron chi connectivity index (χ4n) is 1.59. The van der Waals surface area contributed by atoms with Gasteiger partial charge in [-0.3, -0.25) is 0 Å². The zero-order valence-electron chi connectivity index (χ0n) is 11.0. The Morgan fingerprint density at radius 2 is 1.83 bits per heavy atom. The number of nitrogens with one attached hydrogen (secondary N) is 1. The molecule has 4 heteroatoms. The summed E-state index contributed by atoms with van der Waals surface area (Å²) in [6.07, 6.45) is 2.14. The maximum atomic E-state index is 13.3. The lowest BCUT2D eigenvalue weighted by Crippen LogP contribution is -2.17. The summed E-state index contributed by atoms with van der Waals surface area (Å²) in [7, 11) is 0. The van der Waals surface area contributed by atoms with Gasteiger partial charge < -0.3 is 10.1 Å². The molecule has 0 saturated heterocycles. The second kappa shape index (κ2) is 8.16. The fourth-order valence-corrected chi connectivity index (χ4v) is 1.59. The highest BCUT2D eigenvalue weighted by molar-refractivity contribution is 5.19. The molecule has 0 radical (unpaired) electrons. The van der Waals surface area contributed by atoms with Crippen molar-refractivity contribution in [1.29, 1.82) is 0 Å². The molecule has 0 aliphatic rings. The number of benzene rings is 1. The molecule has 102 valence electrons. The monoisotopic (exact) mass is 257 g/mol. The smallest absolute Gasteiger partial charge is 0.130 e. The molecule has 0 saturated carbocycles.